The molecule has 0 bridgehead atoms. The van der Waals surface area contributed by atoms with E-state index < -0.39 is 30.3 Å². The van der Waals surface area contributed by atoms with Crippen LogP contribution in [0.25, 0.3) is 0 Å². The number of primary amides is 1. The van der Waals surface area contributed by atoms with Crippen LogP contribution in [0.2, 0.25) is 0 Å². The van der Waals surface area contributed by atoms with Crippen LogP contribution in [0.4, 0.5) is 4.79 Å². The van der Waals surface area contributed by atoms with E-state index >= 15 is 0 Å². The van der Waals surface area contributed by atoms with E-state index in [2.05, 4.69) is 5.32 Å². The number of rotatable bonds is 4. The van der Waals surface area contributed by atoms with Crippen LogP contribution in [0.3, 0.4) is 0 Å². The van der Waals surface area contributed by atoms with Crippen LogP contribution < -0.4 is 11.1 Å². The van der Waals surface area contributed by atoms with Gasteiger partial charge in [-0.15, -0.1) is 0 Å². The Morgan fingerprint density at radius 2 is 2.09 bits per heavy atom. The molecule has 8 heteroatoms. The topological polar surface area (TPSA) is 111 Å². The van der Waals surface area contributed by atoms with Gasteiger partial charge in [-0.1, -0.05) is 30.3 Å². The lowest BCUT2D eigenvalue weighted by Crippen LogP contribution is -2.48. The molecule has 3 amide bonds. The lowest BCUT2D eigenvalue weighted by molar-refractivity contribution is -0.137. The number of nitrogens with two attached hydrogens (primary N) is 1. The van der Waals surface area contributed by atoms with Crippen molar-refractivity contribution in [3.8, 4) is 0 Å². The van der Waals surface area contributed by atoms with Gasteiger partial charge in [0.05, 0.1) is 6.61 Å². The van der Waals surface area contributed by atoms with Crippen molar-refractivity contribution < 1.29 is 23.9 Å². The molecule has 8 nitrogen and oxygen atoms in total. The standard InChI is InChI=1S/C15H17N3O5/c16-13(19)11-8-22-12-6-10(14(20)18(11)12)17-15(21)23-7-9-4-2-1-3-5-9/h1-5,10-12H,6-8H2,(H2,16,19)(H,17,21)/t10?,11-,12-/m0/s1. The molecule has 3 rings (SSSR count). The van der Waals surface area contributed by atoms with E-state index in [1.54, 1.807) is 0 Å². The van der Waals surface area contributed by atoms with Gasteiger partial charge < -0.3 is 25.4 Å². The zero-order valence-corrected chi connectivity index (χ0v) is 12.3. The Morgan fingerprint density at radius 3 is 2.78 bits per heavy atom. The SMILES string of the molecule is NC(=O)[C@@H]1CO[C@H]2CC(NC(=O)OCc3ccccc3)C(=O)N21. The van der Waals surface area contributed by atoms with E-state index in [4.69, 9.17) is 15.2 Å². The second-order valence-corrected chi connectivity index (χ2v) is 5.45. The van der Waals surface area contributed by atoms with Gasteiger partial charge in [0.2, 0.25) is 11.8 Å². The fraction of sp³-hybridized carbons (Fsp3) is 0.400. The Kier molecular flexibility index (Phi) is 4.16. The van der Waals surface area contributed by atoms with Gasteiger partial charge in [-0.3, -0.25) is 9.59 Å². The van der Waals surface area contributed by atoms with Gasteiger partial charge >= 0.3 is 6.09 Å². The molecule has 0 radical (unpaired) electrons. The lowest BCUT2D eigenvalue weighted by Gasteiger charge is -2.19. The summed E-state index contributed by atoms with van der Waals surface area (Å²) in [6.07, 6.45) is -0.952. The summed E-state index contributed by atoms with van der Waals surface area (Å²) in [6.45, 7) is 0.206. The van der Waals surface area contributed by atoms with E-state index in [0.29, 0.717) is 0 Å². The highest BCUT2D eigenvalue weighted by atomic mass is 16.5. The summed E-state index contributed by atoms with van der Waals surface area (Å²) in [4.78, 5) is 36.7. The number of nitrogens with zero attached hydrogens (tertiary/aromatic N) is 1. The van der Waals surface area contributed by atoms with Crippen molar-refractivity contribution in [3.05, 3.63) is 35.9 Å². The zero-order valence-electron chi connectivity index (χ0n) is 12.3. The minimum atomic E-state index is -0.778. The highest BCUT2D eigenvalue weighted by Crippen LogP contribution is 2.28. The highest BCUT2D eigenvalue weighted by Gasteiger charge is 2.50. The Bertz CT molecular complexity index is 621. The molecule has 3 N–H and O–H groups in total. The first-order valence-electron chi connectivity index (χ1n) is 7.26. The Hall–Kier alpha value is -2.61. The molecule has 1 unspecified atom stereocenters. The third kappa shape index (κ3) is 3.11. The molecule has 0 aliphatic carbocycles. The summed E-state index contributed by atoms with van der Waals surface area (Å²) in [5.41, 5.74) is 6.10. The fourth-order valence-electron chi connectivity index (χ4n) is 2.77. The van der Waals surface area contributed by atoms with Gasteiger partial charge in [0.15, 0.2) is 0 Å². The van der Waals surface area contributed by atoms with Crippen molar-refractivity contribution in [2.24, 2.45) is 5.73 Å². The highest BCUT2D eigenvalue weighted by molar-refractivity contribution is 5.93. The average molecular weight is 319 g/mol. The van der Waals surface area contributed by atoms with Crippen LogP contribution in [0.5, 0.6) is 0 Å². The maximum absolute atomic E-state index is 12.3. The van der Waals surface area contributed by atoms with E-state index in [9.17, 15) is 14.4 Å². The summed E-state index contributed by atoms with van der Waals surface area (Å²) in [5, 5.41) is 2.50. The summed E-state index contributed by atoms with van der Waals surface area (Å²) in [6, 6.07) is 7.65. The van der Waals surface area contributed by atoms with Gasteiger partial charge in [0.25, 0.3) is 0 Å². The Labute approximate surface area is 132 Å². The predicted octanol–water partition coefficient (Wildman–Crippen LogP) is -0.276. The minimum absolute atomic E-state index is 0.0942. The van der Waals surface area contributed by atoms with E-state index in [1.807, 2.05) is 30.3 Å². The molecule has 2 aliphatic heterocycles. The fourth-order valence-corrected chi connectivity index (χ4v) is 2.77. The monoisotopic (exact) mass is 319 g/mol. The maximum Gasteiger partial charge on any atom is 0.408 e. The van der Waals surface area contributed by atoms with Gasteiger partial charge in [-0.05, 0) is 5.56 Å². The molecule has 2 saturated heterocycles. The van der Waals surface area contributed by atoms with E-state index in [-0.39, 0.29) is 25.5 Å². The number of alkyl carbamates (subject to hydrolysis) is 1. The summed E-state index contributed by atoms with van der Waals surface area (Å²) < 4.78 is 10.5. The van der Waals surface area contributed by atoms with Gasteiger partial charge in [0, 0.05) is 6.42 Å². The average Bonchev–Trinajstić information content (AvgIpc) is 3.08. The molecule has 23 heavy (non-hydrogen) atoms. The van der Waals surface area contributed by atoms with Crippen molar-refractivity contribution >= 4 is 17.9 Å². The Balaban J connectivity index is 1.54. The molecule has 0 spiro atoms. The smallest absolute Gasteiger partial charge is 0.408 e. The number of hydrogen-bond donors (Lipinski definition) is 2. The molecule has 0 aromatic heterocycles. The number of ether oxygens (including phenoxy) is 2. The summed E-state index contributed by atoms with van der Waals surface area (Å²) >= 11 is 0. The van der Waals surface area contributed by atoms with E-state index in [1.165, 1.54) is 4.90 Å². The van der Waals surface area contributed by atoms with Crippen molar-refractivity contribution in [3.63, 3.8) is 0 Å². The van der Waals surface area contributed by atoms with Crippen molar-refractivity contribution in [1.82, 2.24) is 10.2 Å². The molecule has 3 atom stereocenters. The van der Waals surface area contributed by atoms with E-state index in [0.717, 1.165) is 5.56 Å². The largest absolute Gasteiger partial charge is 0.445 e. The molecule has 0 saturated carbocycles. The lowest BCUT2D eigenvalue weighted by atomic mass is 10.2. The van der Waals surface area contributed by atoms with Gasteiger partial charge in [-0.2, -0.15) is 0 Å². The first kappa shape index (κ1) is 15.3. The number of hydrogen-bond acceptors (Lipinski definition) is 5. The molecular formula is C15H17N3O5. The van der Waals surface area contributed by atoms with Gasteiger partial charge in [-0.25, -0.2) is 4.79 Å². The maximum atomic E-state index is 12.3. The van der Waals surface area contributed by atoms with Crippen LogP contribution in [-0.2, 0) is 25.7 Å². The van der Waals surface area contributed by atoms with Crippen molar-refractivity contribution in [1.29, 1.82) is 0 Å². The molecule has 2 fully saturated rings. The Morgan fingerprint density at radius 1 is 1.35 bits per heavy atom. The molecule has 122 valence electrons. The first-order chi connectivity index (χ1) is 11.1. The van der Waals surface area contributed by atoms with Crippen LogP contribution in [0.1, 0.15) is 12.0 Å². The first-order valence-corrected chi connectivity index (χ1v) is 7.26. The molecule has 1 aromatic carbocycles. The normalized spacial score (nSPS) is 26.0. The third-order valence-electron chi connectivity index (χ3n) is 3.92. The number of carbonyl (C=O) groups is 3. The second-order valence-electron chi connectivity index (χ2n) is 5.45. The number of carbonyl (C=O) groups excluding carboxylic acids is 3. The minimum Gasteiger partial charge on any atom is -0.445 e. The van der Waals surface area contributed by atoms with Crippen LogP contribution in [0, 0.1) is 0 Å². The predicted molar refractivity (Wildman–Crippen MR) is 77.7 cm³/mol. The molecular weight excluding hydrogens is 302 g/mol. The van der Waals surface area contributed by atoms with Gasteiger partial charge in [0.1, 0.15) is 24.9 Å². The van der Waals surface area contributed by atoms with Crippen molar-refractivity contribution in [2.75, 3.05) is 6.61 Å². The molecule has 2 aliphatic rings. The van der Waals surface area contributed by atoms with Crippen LogP contribution >= 0.6 is 0 Å². The molecule has 2 heterocycles. The van der Waals surface area contributed by atoms with Crippen molar-refractivity contribution in [2.45, 2.75) is 31.3 Å². The number of nitrogens with one attached hydrogen (secondary N) is 1. The summed E-state index contributed by atoms with van der Waals surface area (Å²) in [5.74, 6) is -0.999. The van der Waals surface area contributed by atoms with Crippen LogP contribution in [-0.4, -0.2) is 47.7 Å². The third-order valence-corrected chi connectivity index (χ3v) is 3.92. The second kappa shape index (κ2) is 6.25. The summed E-state index contributed by atoms with van der Waals surface area (Å²) in [7, 11) is 0. The van der Waals surface area contributed by atoms with Crippen LogP contribution in [0.15, 0.2) is 30.3 Å². The number of fused-ring (bicyclic) bond motifs is 1. The molecule has 1 aromatic rings. The zero-order chi connectivity index (χ0) is 16.4. The number of amides is 3. The number of benzene rings is 1. The quantitative estimate of drug-likeness (QED) is 0.793.